The lowest BCUT2D eigenvalue weighted by Gasteiger charge is -2.25. The second-order valence-corrected chi connectivity index (χ2v) is 11.2. The number of carbonyl (C=O) groups excluding carboxylic acids is 1. The molecule has 0 saturated carbocycles. The molecule has 36 heavy (non-hydrogen) atoms. The number of ether oxygens (including phenoxy) is 1. The molecule has 192 valence electrons. The number of hydrogen-bond donors (Lipinski definition) is 1. The highest BCUT2D eigenvalue weighted by Crippen LogP contribution is 2.26. The molecule has 0 aliphatic rings. The van der Waals surface area contributed by atoms with Crippen LogP contribution in [0.5, 0.6) is 5.75 Å². The summed E-state index contributed by atoms with van der Waals surface area (Å²) in [5.41, 5.74) is 4.57. The Morgan fingerprint density at radius 3 is 2.33 bits per heavy atom. The molecule has 0 spiro atoms. The van der Waals surface area contributed by atoms with Crippen molar-refractivity contribution in [3.05, 3.63) is 89.0 Å². The average Bonchev–Trinajstić information content (AvgIpc) is 2.82. The highest BCUT2D eigenvalue weighted by atomic mass is 32.2. The predicted octanol–water partition coefficient (Wildman–Crippen LogP) is 5.34. The summed E-state index contributed by atoms with van der Waals surface area (Å²) in [7, 11) is -3.93. The number of aryl methyl sites for hydroxylation is 4. The van der Waals surface area contributed by atoms with Crippen molar-refractivity contribution in [2.24, 2.45) is 0 Å². The van der Waals surface area contributed by atoms with Gasteiger partial charge in [-0.05, 0) is 101 Å². The van der Waals surface area contributed by atoms with Gasteiger partial charge >= 0.3 is 0 Å². The smallest absolute Gasteiger partial charge is 0.264 e. The number of benzene rings is 3. The molecular formula is C29H36N2O4S. The van der Waals surface area contributed by atoms with E-state index in [1.54, 1.807) is 36.4 Å². The van der Waals surface area contributed by atoms with Crippen molar-refractivity contribution in [1.29, 1.82) is 0 Å². The molecule has 3 aromatic carbocycles. The van der Waals surface area contributed by atoms with Crippen molar-refractivity contribution < 1.29 is 17.9 Å². The van der Waals surface area contributed by atoms with Gasteiger partial charge in [0.15, 0.2) is 0 Å². The highest BCUT2D eigenvalue weighted by Gasteiger charge is 2.27. The van der Waals surface area contributed by atoms with Gasteiger partial charge < -0.3 is 10.1 Å². The van der Waals surface area contributed by atoms with Gasteiger partial charge in [0.2, 0.25) is 5.91 Å². The van der Waals surface area contributed by atoms with Gasteiger partial charge in [-0.1, -0.05) is 35.9 Å². The normalized spacial score (nSPS) is 11.4. The summed E-state index contributed by atoms with van der Waals surface area (Å²) in [5.74, 6) is 0.484. The number of sulfonamides is 1. The van der Waals surface area contributed by atoms with Crippen LogP contribution < -0.4 is 14.4 Å². The summed E-state index contributed by atoms with van der Waals surface area (Å²) in [4.78, 5) is 13.0. The predicted molar refractivity (Wildman–Crippen MR) is 145 cm³/mol. The Labute approximate surface area is 215 Å². The second kappa shape index (κ2) is 12.1. The first-order valence-electron chi connectivity index (χ1n) is 12.2. The molecular weight excluding hydrogens is 472 g/mol. The minimum atomic E-state index is -3.93. The van der Waals surface area contributed by atoms with Crippen LogP contribution in [0.3, 0.4) is 0 Å². The summed E-state index contributed by atoms with van der Waals surface area (Å²) >= 11 is 0. The quantitative estimate of drug-likeness (QED) is 0.355. The van der Waals surface area contributed by atoms with E-state index in [-0.39, 0.29) is 23.5 Å². The maximum atomic E-state index is 13.5. The lowest BCUT2D eigenvalue weighted by atomic mass is 10.1. The fourth-order valence-corrected chi connectivity index (χ4v) is 5.20. The molecule has 3 rings (SSSR count). The van der Waals surface area contributed by atoms with Crippen LogP contribution in [0.2, 0.25) is 0 Å². The number of hydrogen-bond acceptors (Lipinski definition) is 4. The zero-order chi connectivity index (χ0) is 26.3. The zero-order valence-electron chi connectivity index (χ0n) is 21.7. The molecule has 0 saturated heterocycles. The highest BCUT2D eigenvalue weighted by molar-refractivity contribution is 7.92. The van der Waals surface area contributed by atoms with Gasteiger partial charge in [0, 0.05) is 6.54 Å². The van der Waals surface area contributed by atoms with Gasteiger partial charge in [0.25, 0.3) is 10.0 Å². The second-order valence-electron chi connectivity index (χ2n) is 9.36. The molecule has 1 amide bonds. The molecule has 1 N–H and O–H groups in total. The lowest BCUT2D eigenvalue weighted by molar-refractivity contribution is -0.119. The van der Waals surface area contributed by atoms with E-state index in [9.17, 15) is 13.2 Å². The number of nitrogens with zero attached hydrogens (tertiary/aromatic N) is 1. The Balaban J connectivity index is 1.68. The van der Waals surface area contributed by atoms with Crippen LogP contribution in [-0.2, 0) is 21.2 Å². The molecule has 0 fully saturated rings. The number of anilines is 1. The number of carbonyl (C=O) groups is 1. The van der Waals surface area contributed by atoms with E-state index in [1.807, 2.05) is 65.0 Å². The zero-order valence-corrected chi connectivity index (χ0v) is 22.6. The van der Waals surface area contributed by atoms with Gasteiger partial charge in [-0.3, -0.25) is 9.10 Å². The molecule has 0 aromatic heterocycles. The van der Waals surface area contributed by atoms with Crippen LogP contribution in [0, 0.1) is 20.8 Å². The molecule has 0 aliphatic heterocycles. The summed E-state index contributed by atoms with van der Waals surface area (Å²) in [6.07, 6.45) is 1.61. The SMILES string of the molecule is Cc1ccc(S(=O)(=O)N(CC(=O)NCCCc2cccc(OC(C)C)c2)c2ccc(C)c(C)c2)cc1. The maximum absolute atomic E-state index is 13.5. The van der Waals surface area contributed by atoms with Crippen LogP contribution in [0.4, 0.5) is 5.69 Å². The topological polar surface area (TPSA) is 75.7 Å². The van der Waals surface area contributed by atoms with Crippen molar-refractivity contribution in [3.8, 4) is 5.75 Å². The molecule has 6 nitrogen and oxygen atoms in total. The van der Waals surface area contributed by atoms with Gasteiger partial charge in [-0.25, -0.2) is 8.42 Å². The van der Waals surface area contributed by atoms with E-state index >= 15 is 0 Å². The Morgan fingerprint density at radius 1 is 0.944 bits per heavy atom. The molecule has 3 aromatic rings. The average molecular weight is 509 g/mol. The lowest BCUT2D eigenvalue weighted by Crippen LogP contribution is -2.41. The van der Waals surface area contributed by atoms with Gasteiger partial charge in [-0.15, -0.1) is 0 Å². The van der Waals surface area contributed by atoms with Crippen molar-refractivity contribution in [2.75, 3.05) is 17.4 Å². The molecule has 0 bridgehead atoms. The van der Waals surface area contributed by atoms with Crippen LogP contribution in [0.15, 0.2) is 71.6 Å². The van der Waals surface area contributed by atoms with Gasteiger partial charge in [0.05, 0.1) is 16.7 Å². The van der Waals surface area contributed by atoms with Gasteiger partial charge in [-0.2, -0.15) is 0 Å². The third-order valence-electron chi connectivity index (χ3n) is 5.91. The van der Waals surface area contributed by atoms with Gasteiger partial charge in [0.1, 0.15) is 12.3 Å². The van der Waals surface area contributed by atoms with Crippen LogP contribution >= 0.6 is 0 Å². The monoisotopic (exact) mass is 508 g/mol. The Hall–Kier alpha value is -3.32. The minimum absolute atomic E-state index is 0.107. The molecule has 7 heteroatoms. The molecule has 0 aliphatic carbocycles. The van der Waals surface area contributed by atoms with Crippen LogP contribution in [0.25, 0.3) is 0 Å². The molecule has 0 heterocycles. The van der Waals surface area contributed by atoms with Crippen molar-refractivity contribution in [3.63, 3.8) is 0 Å². The fourth-order valence-electron chi connectivity index (χ4n) is 3.79. The van der Waals surface area contributed by atoms with E-state index in [1.165, 1.54) is 4.31 Å². The van der Waals surface area contributed by atoms with E-state index < -0.39 is 10.0 Å². The summed E-state index contributed by atoms with van der Waals surface area (Å²) in [6, 6.07) is 20.0. The Bertz CT molecular complexity index is 1280. The summed E-state index contributed by atoms with van der Waals surface area (Å²) < 4.78 is 34.0. The first kappa shape index (κ1) is 27.3. The standard InChI is InChI=1S/C29H36N2O4S/c1-21(2)35-27-10-6-8-25(19-27)9-7-17-30-29(32)20-31(26-14-13-23(4)24(5)18-26)36(33,34)28-15-11-22(3)12-16-28/h6,8,10-16,18-19,21H,7,9,17,20H2,1-5H3,(H,30,32). The number of amides is 1. The summed E-state index contributed by atoms with van der Waals surface area (Å²) in [6.45, 7) is 9.92. The minimum Gasteiger partial charge on any atom is -0.491 e. The first-order valence-corrected chi connectivity index (χ1v) is 13.7. The van der Waals surface area contributed by atoms with Crippen LogP contribution in [-0.4, -0.2) is 33.5 Å². The molecule has 0 atom stereocenters. The Kier molecular flexibility index (Phi) is 9.15. The third-order valence-corrected chi connectivity index (χ3v) is 7.70. The van der Waals surface area contributed by atoms with Crippen LogP contribution in [0.1, 0.15) is 42.5 Å². The van der Waals surface area contributed by atoms with E-state index in [2.05, 4.69) is 5.32 Å². The first-order chi connectivity index (χ1) is 17.1. The van der Waals surface area contributed by atoms with E-state index in [0.29, 0.717) is 12.2 Å². The summed E-state index contributed by atoms with van der Waals surface area (Å²) in [5, 5.41) is 2.88. The van der Waals surface area contributed by atoms with E-state index in [0.717, 1.165) is 40.8 Å². The number of rotatable bonds is 11. The van der Waals surface area contributed by atoms with E-state index in [4.69, 9.17) is 4.74 Å². The fraction of sp³-hybridized carbons (Fsp3) is 0.345. The largest absolute Gasteiger partial charge is 0.491 e. The van der Waals surface area contributed by atoms with Crippen molar-refractivity contribution >= 4 is 21.6 Å². The third kappa shape index (κ3) is 7.34. The van der Waals surface area contributed by atoms with Crippen molar-refractivity contribution in [1.82, 2.24) is 5.32 Å². The molecule has 0 radical (unpaired) electrons. The molecule has 0 unspecified atom stereocenters. The number of nitrogens with one attached hydrogen (secondary N) is 1. The van der Waals surface area contributed by atoms with Crippen molar-refractivity contribution in [2.45, 2.75) is 58.5 Å². The Morgan fingerprint density at radius 2 is 1.67 bits per heavy atom. The maximum Gasteiger partial charge on any atom is 0.264 e.